The highest BCUT2D eigenvalue weighted by atomic mass is 35.5. The summed E-state index contributed by atoms with van der Waals surface area (Å²) in [6.45, 7) is 0. The van der Waals surface area contributed by atoms with Crippen LogP contribution < -0.4 is 0 Å². The van der Waals surface area contributed by atoms with Gasteiger partial charge in [-0.15, -0.1) is 0 Å². The highest BCUT2D eigenvalue weighted by Crippen LogP contribution is 2.18. The van der Waals surface area contributed by atoms with Crippen LogP contribution in [-0.4, -0.2) is 14.8 Å². The molecule has 4 heteroatoms. The van der Waals surface area contributed by atoms with Gasteiger partial charge in [-0.1, -0.05) is 29.8 Å². The van der Waals surface area contributed by atoms with Gasteiger partial charge in [0, 0.05) is 10.9 Å². The number of rotatable bonds is 1. The van der Waals surface area contributed by atoms with Crippen molar-refractivity contribution < 1.29 is 0 Å². The van der Waals surface area contributed by atoms with Crippen LogP contribution >= 0.6 is 11.6 Å². The van der Waals surface area contributed by atoms with Crippen molar-refractivity contribution in [1.82, 2.24) is 14.8 Å². The van der Waals surface area contributed by atoms with E-state index in [4.69, 9.17) is 11.6 Å². The van der Waals surface area contributed by atoms with Crippen molar-refractivity contribution in [2.75, 3.05) is 0 Å². The quantitative estimate of drug-likeness (QED) is 0.668. The van der Waals surface area contributed by atoms with Gasteiger partial charge in [-0.25, -0.2) is 4.68 Å². The number of fused-ring (bicyclic) bond motifs is 1. The zero-order valence-corrected chi connectivity index (χ0v) is 8.57. The third-order valence-electron chi connectivity index (χ3n) is 2.31. The molecule has 0 amide bonds. The second-order valence-corrected chi connectivity index (χ2v) is 3.78. The molecule has 0 unspecified atom stereocenters. The zero-order chi connectivity index (χ0) is 10.3. The minimum Gasteiger partial charge on any atom is -0.340 e. The lowest BCUT2D eigenvalue weighted by Crippen LogP contribution is -1.92. The van der Waals surface area contributed by atoms with E-state index in [0.29, 0.717) is 5.02 Å². The summed E-state index contributed by atoms with van der Waals surface area (Å²) in [5, 5.41) is 5.93. The van der Waals surface area contributed by atoms with Crippen LogP contribution in [0.3, 0.4) is 0 Å². The first-order valence-corrected chi connectivity index (χ1v) is 4.99. The Morgan fingerprint density at radius 2 is 2.13 bits per heavy atom. The van der Waals surface area contributed by atoms with Gasteiger partial charge in [0.1, 0.15) is 5.82 Å². The zero-order valence-electron chi connectivity index (χ0n) is 7.81. The summed E-state index contributed by atoms with van der Waals surface area (Å²) in [7, 11) is 0. The molecule has 0 fully saturated rings. The second-order valence-electron chi connectivity index (χ2n) is 3.34. The summed E-state index contributed by atoms with van der Waals surface area (Å²) in [6, 6.07) is 10.1. The van der Waals surface area contributed by atoms with E-state index >= 15 is 0 Å². The molecule has 0 atom stereocenters. The Kier molecular flexibility index (Phi) is 1.79. The van der Waals surface area contributed by atoms with E-state index in [2.05, 4.69) is 16.1 Å². The van der Waals surface area contributed by atoms with Crippen LogP contribution in [0.15, 0.2) is 42.7 Å². The number of para-hydroxylation sites is 1. The number of nitrogens with one attached hydrogen (secondary N) is 1. The van der Waals surface area contributed by atoms with Crippen LogP contribution in [0.5, 0.6) is 0 Å². The molecular weight excluding hydrogens is 210 g/mol. The fourth-order valence-electron chi connectivity index (χ4n) is 1.61. The van der Waals surface area contributed by atoms with Gasteiger partial charge in [0.05, 0.1) is 17.4 Å². The molecule has 2 aromatic heterocycles. The average Bonchev–Trinajstić information content (AvgIpc) is 2.82. The molecule has 0 aliphatic carbocycles. The van der Waals surface area contributed by atoms with E-state index in [1.54, 1.807) is 17.1 Å². The van der Waals surface area contributed by atoms with Crippen molar-refractivity contribution in [3.8, 4) is 5.82 Å². The SMILES string of the molecule is Clc1cnn(-c2cc3ccccc3[nH]2)c1. The van der Waals surface area contributed by atoms with Crippen molar-refractivity contribution in [3.63, 3.8) is 0 Å². The van der Waals surface area contributed by atoms with E-state index < -0.39 is 0 Å². The molecule has 2 heterocycles. The summed E-state index contributed by atoms with van der Waals surface area (Å²) < 4.78 is 1.72. The van der Waals surface area contributed by atoms with Crippen LogP contribution in [-0.2, 0) is 0 Å². The molecule has 0 bridgehead atoms. The lowest BCUT2D eigenvalue weighted by molar-refractivity contribution is 0.858. The van der Waals surface area contributed by atoms with Gasteiger partial charge >= 0.3 is 0 Å². The van der Waals surface area contributed by atoms with Gasteiger partial charge in [0.25, 0.3) is 0 Å². The third kappa shape index (κ3) is 1.41. The summed E-state index contributed by atoms with van der Waals surface area (Å²) in [6.07, 6.45) is 3.39. The largest absolute Gasteiger partial charge is 0.340 e. The van der Waals surface area contributed by atoms with Crippen LogP contribution in [0.25, 0.3) is 16.7 Å². The molecule has 74 valence electrons. The number of benzene rings is 1. The standard InChI is InChI=1S/C11H8ClN3/c12-9-6-13-15(7-9)11-5-8-3-1-2-4-10(8)14-11/h1-7,14H. The molecule has 3 nitrogen and oxygen atoms in total. The fourth-order valence-corrected chi connectivity index (χ4v) is 1.75. The number of hydrogen-bond acceptors (Lipinski definition) is 1. The molecule has 0 radical (unpaired) electrons. The first-order chi connectivity index (χ1) is 7.33. The Bertz CT molecular complexity index is 576. The Morgan fingerprint density at radius 3 is 2.87 bits per heavy atom. The first-order valence-electron chi connectivity index (χ1n) is 4.61. The van der Waals surface area contributed by atoms with E-state index in [1.807, 2.05) is 24.3 Å². The molecule has 1 N–H and O–H groups in total. The summed E-state index contributed by atoms with van der Waals surface area (Å²) >= 11 is 5.81. The van der Waals surface area contributed by atoms with Crippen molar-refractivity contribution >= 4 is 22.5 Å². The summed E-state index contributed by atoms with van der Waals surface area (Å²) in [5.74, 6) is 0.920. The minimum atomic E-state index is 0.633. The number of nitrogens with zero attached hydrogens (tertiary/aromatic N) is 2. The number of aromatic nitrogens is 3. The van der Waals surface area contributed by atoms with E-state index in [0.717, 1.165) is 11.3 Å². The van der Waals surface area contributed by atoms with Crippen LogP contribution in [0.2, 0.25) is 5.02 Å². The maximum atomic E-state index is 5.81. The molecule has 3 rings (SSSR count). The van der Waals surface area contributed by atoms with Crippen molar-refractivity contribution in [2.45, 2.75) is 0 Å². The normalized spacial score (nSPS) is 11.0. The molecule has 0 aliphatic rings. The second kappa shape index (κ2) is 3.14. The Hall–Kier alpha value is -1.74. The lowest BCUT2D eigenvalue weighted by Gasteiger charge is -1.93. The van der Waals surface area contributed by atoms with E-state index in [9.17, 15) is 0 Å². The lowest BCUT2D eigenvalue weighted by atomic mass is 10.2. The smallest absolute Gasteiger partial charge is 0.132 e. The molecule has 0 spiro atoms. The number of halogens is 1. The van der Waals surface area contributed by atoms with Gasteiger partial charge in [0.15, 0.2) is 0 Å². The van der Waals surface area contributed by atoms with Crippen LogP contribution in [0, 0.1) is 0 Å². The monoisotopic (exact) mass is 217 g/mol. The minimum absolute atomic E-state index is 0.633. The summed E-state index contributed by atoms with van der Waals surface area (Å²) in [5.41, 5.74) is 1.10. The van der Waals surface area contributed by atoms with Crippen molar-refractivity contribution in [3.05, 3.63) is 47.7 Å². The molecule has 0 saturated carbocycles. The van der Waals surface area contributed by atoms with Gasteiger partial charge in [-0.2, -0.15) is 5.10 Å². The van der Waals surface area contributed by atoms with Gasteiger partial charge in [0.2, 0.25) is 0 Å². The summed E-state index contributed by atoms with van der Waals surface area (Å²) in [4.78, 5) is 3.27. The number of H-pyrrole nitrogens is 1. The van der Waals surface area contributed by atoms with Gasteiger partial charge in [-0.3, -0.25) is 0 Å². The van der Waals surface area contributed by atoms with Crippen molar-refractivity contribution in [1.29, 1.82) is 0 Å². The average molecular weight is 218 g/mol. The molecule has 0 saturated heterocycles. The third-order valence-corrected chi connectivity index (χ3v) is 2.51. The predicted octanol–water partition coefficient (Wildman–Crippen LogP) is 3.01. The molecule has 3 aromatic rings. The molecule has 0 aliphatic heterocycles. The van der Waals surface area contributed by atoms with Crippen LogP contribution in [0.1, 0.15) is 0 Å². The number of hydrogen-bond donors (Lipinski definition) is 1. The molecular formula is C11H8ClN3. The fraction of sp³-hybridized carbons (Fsp3) is 0. The first kappa shape index (κ1) is 8.56. The highest BCUT2D eigenvalue weighted by molar-refractivity contribution is 6.30. The number of aromatic amines is 1. The highest BCUT2D eigenvalue weighted by Gasteiger charge is 2.02. The molecule has 15 heavy (non-hydrogen) atoms. The topological polar surface area (TPSA) is 33.6 Å². The van der Waals surface area contributed by atoms with Gasteiger partial charge < -0.3 is 4.98 Å². The predicted molar refractivity (Wildman–Crippen MR) is 60.4 cm³/mol. The Morgan fingerprint density at radius 1 is 1.27 bits per heavy atom. The van der Waals surface area contributed by atoms with Gasteiger partial charge in [-0.05, 0) is 12.1 Å². The van der Waals surface area contributed by atoms with E-state index in [1.165, 1.54) is 5.39 Å². The Labute approximate surface area is 91.3 Å². The maximum absolute atomic E-state index is 5.81. The van der Waals surface area contributed by atoms with E-state index in [-0.39, 0.29) is 0 Å². The van der Waals surface area contributed by atoms with Crippen molar-refractivity contribution in [2.24, 2.45) is 0 Å². The Balaban J connectivity index is 2.19. The molecule has 1 aromatic carbocycles. The maximum Gasteiger partial charge on any atom is 0.132 e. The van der Waals surface area contributed by atoms with Crippen LogP contribution in [0.4, 0.5) is 0 Å².